The number of hydrogen-bond donors (Lipinski definition) is 0. The highest BCUT2D eigenvalue weighted by atomic mass is 16.7. The summed E-state index contributed by atoms with van der Waals surface area (Å²) in [6, 6.07) is 4.68. The molecule has 22 heavy (non-hydrogen) atoms. The van der Waals surface area contributed by atoms with Gasteiger partial charge in [-0.15, -0.1) is 0 Å². The van der Waals surface area contributed by atoms with Crippen LogP contribution < -0.4 is 9.47 Å². The number of hydrogen-bond acceptors (Lipinski definition) is 5. The van der Waals surface area contributed by atoms with Crippen LogP contribution in [0.4, 0.5) is 0 Å². The normalized spacial score (nSPS) is 34.0. The van der Waals surface area contributed by atoms with Crippen LogP contribution in [0.1, 0.15) is 23.5 Å². The molecular formula is C17H21NO4. The second-order valence-electron chi connectivity index (χ2n) is 6.72. The van der Waals surface area contributed by atoms with E-state index in [1.807, 2.05) is 0 Å². The quantitative estimate of drug-likeness (QED) is 0.790. The van der Waals surface area contributed by atoms with Crippen LogP contribution in [0.3, 0.4) is 0 Å². The SMILES string of the molecule is CN1CC2c3ccc4c(c3CCC2C1C1OCCO1)OCO4. The lowest BCUT2D eigenvalue weighted by molar-refractivity contribution is -0.0972. The van der Waals surface area contributed by atoms with Crippen LogP contribution in [0.5, 0.6) is 11.5 Å². The predicted octanol–water partition coefficient (Wildman–Crippen LogP) is 1.75. The number of fused-ring (bicyclic) bond motifs is 5. The Labute approximate surface area is 130 Å². The molecule has 5 nitrogen and oxygen atoms in total. The Morgan fingerprint density at radius 1 is 1.14 bits per heavy atom. The Balaban J connectivity index is 1.51. The summed E-state index contributed by atoms with van der Waals surface area (Å²) in [4.78, 5) is 2.42. The van der Waals surface area contributed by atoms with Crippen LogP contribution in [0.2, 0.25) is 0 Å². The first-order valence-electron chi connectivity index (χ1n) is 8.18. The average molecular weight is 303 g/mol. The van der Waals surface area contributed by atoms with Gasteiger partial charge in [-0.05, 0) is 37.4 Å². The third kappa shape index (κ3) is 1.76. The molecule has 1 aromatic carbocycles. The monoisotopic (exact) mass is 303 g/mol. The van der Waals surface area contributed by atoms with Crippen LogP contribution in [0.15, 0.2) is 12.1 Å². The highest BCUT2D eigenvalue weighted by Crippen LogP contribution is 2.50. The van der Waals surface area contributed by atoms with Crippen LogP contribution >= 0.6 is 0 Å². The smallest absolute Gasteiger partial charge is 0.231 e. The zero-order chi connectivity index (χ0) is 14.7. The van der Waals surface area contributed by atoms with Crippen molar-refractivity contribution >= 4 is 0 Å². The second-order valence-corrected chi connectivity index (χ2v) is 6.72. The van der Waals surface area contributed by atoms with Gasteiger partial charge < -0.3 is 18.9 Å². The van der Waals surface area contributed by atoms with Gasteiger partial charge in [0.25, 0.3) is 0 Å². The molecule has 0 spiro atoms. The summed E-state index contributed by atoms with van der Waals surface area (Å²) >= 11 is 0. The van der Waals surface area contributed by atoms with Crippen molar-refractivity contribution in [2.45, 2.75) is 31.1 Å². The molecule has 118 valence electrons. The maximum Gasteiger partial charge on any atom is 0.231 e. The summed E-state index contributed by atoms with van der Waals surface area (Å²) in [5.74, 6) is 3.03. The van der Waals surface area contributed by atoms with E-state index in [0.717, 1.165) is 44.1 Å². The van der Waals surface area contributed by atoms with Crippen LogP contribution in [-0.4, -0.2) is 50.8 Å². The standard InChI is InChI=1S/C17H21NO4/c1-18-8-13-10-4-5-14-16(22-9-21-14)12(10)3-2-11(13)15(18)17-19-6-7-20-17/h4-5,11,13,15,17H,2-3,6-9H2,1H3. The number of rotatable bonds is 1. The predicted molar refractivity (Wildman–Crippen MR) is 79.2 cm³/mol. The average Bonchev–Trinajstić information content (AvgIpc) is 3.24. The van der Waals surface area contributed by atoms with Crippen LogP contribution in [0.25, 0.3) is 0 Å². The molecule has 0 amide bonds. The highest BCUT2D eigenvalue weighted by Gasteiger charge is 2.49. The Morgan fingerprint density at radius 2 is 2.00 bits per heavy atom. The first-order chi connectivity index (χ1) is 10.8. The van der Waals surface area contributed by atoms with E-state index in [0.29, 0.717) is 24.7 Å². The summed E-state index contributed by atoms with van der Waals surface area (Å²) < 4.78 is 22.9. The van der Waals surface area contributed by atoms with Crippen molar-refractivity contribution in [2.24, 2.45) is 5.92 Å². The fourth-order valence-electron chi connectivity index (χ4n) is 4.78. The maximum atomic E-state index is 5.81. The Kier molecular flexibility index (Phi) is 2.90. The maximum absolute atomic E-state index is 5.81. The zero-order valence-electron chi connectivity index (χ0n) is 12.8. The molecule has 3 aliphatic heterocycles. The number of ether oxygens (including phenoxy) is 4. The Morgan fingerprint density at radius 3 is 2.86 bits per heavy atom. The Hall–Kier alpha value is -1.30. The summed E-state index contributed by atoms with van der Waals surface area (Å²) in [5.41, 5.74) is 2.80. The van der Waals surface area contributed by atoms with Crippen molar-refractivity contribution in [2.75, 3.05) is 33.6 Å². The van der Waals surface area contributed by atoms with E-state index in [1.165, 1.54) is 11.1 Å². The molecule has 4 aliphatic rings. The van der Waals surface area contributed by atoms with E-state index in [2.05, 4.69) is 24.1 Å². The topological polar surface area (TPSA) is 40.2 Å². The van der Waals surface area contributed by atoms with Crippen molar-refractivity contribution in [1.82, 2.24) is 4.90 Å². The lowest BCUT2D eigenvalue weighted by Gasteiger charge is -2.33. The van der Waals surface area contributed by atoms with Crippen molar-refractivity contribution < 1.29 is 18.9 Å². The van der Waals surface area contributed by atoms with E-state index in [1.54, 1.807) is 0 Å². The zero-order valence-corrected chi connectivity index (χ0v) is 12.8. The van der Waals surface area contributed by atoms with E-state index in [9.17, 15) is 0 Å². The summed E-state index contributed by atoms with van der Waals surface area (Å²) in [6.45, 7) is 2.86. The molecule has 0 saturated carbocycles. The van der Waals surface area contributed by atoms with Crippen molar-refractivity contribution in [3.05, 3.63) is 23.3 Å². The number of likely N-dealkylation sites (tertiary alicyclic amines) is 1. The van der Waals surface area contributed by atoms with Gasteiger partial charge in [0.05, 0.1) is 19.3 Å². The van der Waals surface area contributed by atoms with Gasteiger partial charge in [-0.1, -0.05) is 6.07 Å². The molecule has 0 radical (unpaired) electrons. The first-order valence-corrected chi connectivity index (χ1v) is 8.18. The Bertz CT molecular complexity index is 599. The third-order valence-electron chi connectivity index (χ3n) is 5.68. The molecule has 2 fully saturated rings. The van der Waals surface area contributed by atoms with Gasteiger partial charge in [0.15, 0.2) is 17.8 Å². The molecule has 5 heteroatoms. The number of nitrogens with zero attached hydrogens (tertiary/aromatic N) is 1. The van der Waals surface area contributed by atoms with Gasteiger partial charge in [-0.2, -0.15) is 0 Å². The third-order valence-corrected chi connectivity index (χ3v) is 5.68. The van der Waals surface area contributed by atoms with E-state index < -0.39 is 0 Å². The lowest BCUT2D eigenvalue weighted by atomic mass is 9.74. The largest absolute Gasteiger partial charge is 0.454 e. The van der Waals surface area contributed by atoms with Gasteiger partial charge in [0.2, 0.25) is 6.79 Å². The summed E-state index contributed by atoms with van der Waals surface area (Å²) in [6.07, 6.45) is 2.16. The molecule has 1 aliphatic carbocycles. The molecular weight excluding hydrogens is 282 g/mol. The number of likely N-dealkylation sites (N-methyl/N-ethyl adjacent to an activating group) is 1. The molecule has 1 aromatic rings. The molecule has 5 rings (SSSR count). The van der Waals surface area contributed by atoms with Gasteiger partial charge in [0, 0.05) is 18.0 Å². The summed E-state index contributed by atoms with van der Waals surface area (Å²) in [5, 5.41) is 0. The second kappa shape index (κ2) is 4.85. The van der Waals surface area contributed by atoms with Gasteiger partial charge in [-0.25, -0.2) is 0 Å². The molecule has 0 N–H and O–H groups in total. The highest BCUT2D eigenvalue weighted by molar-refractivity contribution is 5.54. The minimum atomic E-state index is -0.0597. The fourth-order valence-corrected chi connectivity index (χ4v) is 4.78. The fraction of sp³-hybridized carbons (Fsp3) is 0.647. The van der Waals surface area contributed by atoms with Crippen LogP contribution in [0, 0.1) is 5.92 Å². The molecule has 3 unspecified atom stereocenters. The molecule has 2 saturated heterocycles. The molecule has 0 aromatic heterocycles. The molecule has 3 atom stereocenters. The van der Waals surface area contributed by atoms with Gasteiger partial charge in [0.1, 0.15) is 0 Å². The van der Waals surface area contributed by atoms with E-state index in [-0.39, 0.29) is 6.29 Å². The van der Waals surface area contributed by atoms with Crippen molar-refractivity contribution in [1.29, 1.82) is 0 Å². The van der Waals surface area contributed by atoms with E-state index >= 15 is 0 Å². The number of benzene rings is 1. The minimum absolute atomic E-state index is 0.0597. The minimum Gasteiger partial charge on any atom is -0.454 e. The van der Waals surface area contributed by atoms with Crippen molar-refractivity contribution in [3.63, 3.8) is 0 Å². The van der Waals surface area contributed by atoms with Crippen molar-refractivity contribution in [3.8, 4) is 11.5 Å². The van der Waals surface area contributed by atoms with E-state index in [4.69, 9.17) is 18.9 Å². The summed E-state index contributed by atoms with van der Waals surface area (Å²) in [7, 11) is 2.20. The lowest BCUT2D eigenvalue weighted by Crippen LogP contribution is -2.41. The molecule has 0 bridgehead atoms. The first kappa shape index (κ1) is 13.2. The van der Waals surface area contributed by atoms with Gasteiger partial charge >= 0.3 is 0 Å². The molecule has 3 heterocycles. The van der Waals surface area contributed by atoms with Crippen LogP contribution in [-0.2, 0) is 15.9 Å². The van der Waals surface area contributed by atoms with Gasteiger partial charge in [-0.3, -0.25) is 4.90 Å².